The molecule has 0 saturated carbocycles. The van der Waals surface area contributed by atoms with Gasteiger partial charge >= 0.3 is 0 Å². The van der Waals surface area contributed by atoms with Crippen LogP contribution in [0, 0.1) is 16.2 Å². The minimum absolute atomic E-state index is 0.0362. The van der Waals surface area contributed by atoms with E-state index >= 15 is 0 Å². The number of carbonyl (C=O) groups is 6. The molecular formula is C75H93N9O17. The van der Waals surface area contributed by atoms with E-state index in [-0.39, 0.29) is 40.8 Å². The number of ether oxygens (including phenoxy) is 10. The number of nitrogens with zero attached hydrogens (tertiary/aromatic N) is 6. The summed E-state index contributed by atoms with van der Waals surface area (Å²) in [5.74, 6) is 0.485. The van der Waals surface area contributed by atoms with Crippen molar-refractivity contribution in [2.45, 2.75) is 62.3 Å². The number of phenolic OH excluding ortho intramolecular Hbond substituents is 1. The Hall–Kier alpha value is -9.77. The molecule has 0 aliphatic rings. The third-order valence-electron chi connectivity index (χ3n) is 14.6. The van der Waals surface area contributed by atoms with E-state index in [0.717, 1.165) is 0 Å². The quantitative estimate of drug-likeness (QED) is 0.0212. The second-order valence-electron chi connectivity index (χ2n) is 26.0. The number of methoxy groups -OCH3 is 2. The number of hydrogen-bond donors (Lipinski definition) is 4. The van der Waals surface area contributed by atoms with E-state index in [9.17, 15) is 33.9 Å². The van der Waals surface area contributed by atoms with Crippen molar-refractivity contribution in [3.8, 4) is 17.2 Å². The molecule has 0 radical (unpaired) electrons. The number of nitrogens with one attached hydrogen (secondary N) is 3. The minimum atomic E-state index is -0.521. The van der Waals surface area contributed by atoms with Crippen molar-refractivity contribution < 1.29 is 81.2 Å². The number of benzene rings is 3. The van der Waals surface area contributed by atoms with Crippen LogP contribution in [-0.4, -0.2) is 188 Å². The molecule has 26 nitrogen and oxygen atoms in total. The Balaban J connectivity index is 0.000000217. The maximum Gasteiger partial charge on any atom is 0.255 e. The molecule has 0 atom stereocenters. The van der Waals surface area contributed by atoms with Crippen LogP contribution in [0.4, 0.5) is 17.1 Å². The molecule has 0 unspecified atom stereocenters. The molecule has 0 aliphatic heterocycles. The molecule has 0 fully saturated rings. The largest absolute Gasteiger partial charge is 0.508 e. The lowest BCUT2D eigenvalue weighted by Gasteiger charge is -2.13. The predicted octanol–water partition coefficient (Wildman–Crippen LogP) is 11.3. The molecule has 3 amide bonds. The highest BCUT2D eigenvalue weighted by molar-refractivity contribution is 6.06. The number of imidazole rings is 3. The monoisotopic (exact) mass is 1390 g/mol. The molecule has 0 spiro atoms. The number of hydrogen-bond acceptors (Lipinski definition) is 20. The summed E-state index contributed by atoms with van der Waals surface area (Å²) in [4.78, 5) is 88.2. The van der Waals surface area contributed by atoms with Crippen LogP contribution >= 0.6 is 0 Å². The predicted molar refractivity (Wildman–Crippen MR) is 381 cm³/mol. The van der Waals surface area contributed by atoms with Gasteiger partial charge in [-0.15, -0.1) is 0 Å². The maximum atomic E-state index is 12.7. The van der Waals surface area contributed by atoms with Crippen LogP contribution in [0.25, 0.3) is 16.9 Å². The molecule has 26 heteroatoms. The fraction of sp³-hybridized carbons (Fsp3) is 0.400. The smallest absolute Gasteiger partial charge is 0.255 e. The zero-order chi connectivity index (χ0) is 73.0. The summed E-state index contributed by atoms with van der Waals surface area (Å²) >= 11 is 0. The Bertz CT molecular complexity index is 3940. The molecule has 3 aromatic carbocycles. The third kappa shape index (κ3) is 25.7. The van der Waals surface area contributed by atoms with E-state index in [0.29, 0.717) is 185 Å². The van der Waals surface area contributed by atoms with Crippen LogP contribution in [-0.2, 0) is 37.9 Å². The number of anilines is 3. The van der Waals surface area contributed by atoms with Crippen molar-refractivity contribution in [2.75, 3.05) is 136 Å². The molecular weight excluding hydrogens is 1300 g/mol. The number of pyridine rings is 3. The standard InChI is InChI=1S/2C28H37N3O7.C19H19N3O3/c2*1-28(2,3)26(32)24-20-31-19-22(7-10-25(31)30-24)29-27(33)21-5-8-23(9-6-21)38-18-17-37-16-15-36-14-13-35-12-11-34-4;1-19(2,3)17(24)15-11-22-10-13(6-9-16(22)21-15)20-18(25)12-4-7-14(23)8-5-12/h2*5-10,19-20H,11-18H2,1-4H3,(H,29,33);4-11,23H,1-3H3,(H,20,25). The first-order chi connectivity index (χ1) is 48.3. The Morgan fingerprint density at radius 1 is 0.337 bits per heavy atom. The van der Waals surface area contributed by atoms with E-state index in [1.54, 1.807) is 162 Å². The number of Topliss-reactive ketones (excluding diaryl/α,β-unsaturated/α-hetero) is 3. The number of fused-ring (bicyclic) bond motifs is 3. The second kappa shape index (κ2) is 38.7. The van der Waals surface area contributed by atoms with Gasteiger partial charge in [0, 0.05) is 84.3 Å². The van der Waals surface area contributed by atoms with Crippen molar-refractivity contribution in [1.29, 1.82) is 0 Å². The van der Waals surface area contributed by atoms with Crippen LogP contribution < -0.4 is 25.4 Å². The lowest BCUT2D eigenvalue weighted by molar-refractivity contribution is 0.000164. The van der Waals surface area contributed by atoms with E-state index < -0.39 is 16.2 Å². The van der Waals surface area contributed by atoms with Gasteiger partial charge in [-0.25, -0.2) is 15.0 Å². The van der Waals surface area contributed by atoms with Gasteiger partial charge < -0.3 is 81.6 Å². The number of rotatable bonds is 35. The molecule has 0 aliphatic carbocycles. The topological polar surface area (TPSA) is 303 Å². The Morgan fingerprint density at radius 3 is 0.842 bits per heavy atom. The molecule has 4 N–H and O–H groups in total. The van der Waals surface area contributed by atoms with Crippen molar-refractivity contribution in [1.82, 2.24) is 28.2 Å². The van der Waals surface area contributed by atoms with Gasteiger partial charge in [-0.3, -0.25) is 28.8 Å². The SMILES string of the molecule is CC(C)(C)C(=O)c1cn2cc(NC(=O)c3ccc(O)cc3)ccc2n1.COCCOCCOCCOCCOc1ccc(C(=O)Nc2ccc3nc(C(=O)C(C)(C)C)cn3c2)cc1.COCCOCCOCCOCCOc1ccc(C(=O)Nc2ccc3nc(C(=O)C(C)(C)C)cn3c2)cc1. The van der Waals surface area contributed by atoms with Crippen molar-refractivity contribution in [2.24, 2.45) is 16.2 Å². The third-order valence-corrected chi connectivity index (χ3v) is 14.6. The Kier molecular flexibility index (Phi) is 30.1. The Morgan fingerprint density at radius 2 is 0.584 bits per heavy atom. The van der Waals surface area contributed by atoms with Gasteiger partial charge in [-0.2, -0.15) is 0 Å². The molecule has 6 heterocycles. The molecule has 9 aromatic rings. The highest BCUT2D eigenvalue weighted by Gasteiger charge is 2.28. The molecule has 540 valence electrons. The number of aromatic nitrogens is 6. The van der Waals surface area contributed by atoms with Gasteiger partial charge in [-0.1, -0.05) is 62.3 Å². The zero-order valence-corrected chi connectivity index (χ0v) is 59.3. The Labute approximate surface area is 587 Å². The fourth-order valence-corrected chi connectivity index (χ4v) is 9.11. The van der Waals surface area contributed by atoms with E-state index in [2.05, 4.69) is 30.9 Å². The fourth-order valence-electron chi connectivity index (χ4n) is 9.11. The maximum absolute atomic E-state index is 12.7. The summed E-state index contributed by atoms with van der Waals surface area (Å²) < 4.78 is 58.7. The van der Waals surface area contributed by atoms with Crippen LogP contribution in [0.2, 0.25) is 0 Å². The highest BCUT2D eigenvalue weighted by Crippen LogP contribution is 2.26. The number of carbonyl (C=O) groups excluding carboxylic acids is 6. The van der Waals surface area contributed by atoms with E-state index in [1.165, 1.54) is 12.1 Å². The van der Waals surface area contributed by atoms with Gasteiger partial charge in [0.15, 0.2) is 17.3 Å². The van der Waals surface area contributed by atoms with Crippen LogP contribution in [0.1, 0.15) is 125 Å². The van der Waals surface area contributed by atoms with Crippen molar-refractivity contribution >= 4 is 69.1 Å². The van der Waals surface area contributed by atoms with Gasteiger partial charge in [0.05, 0.1) is 110 Å². The van der Waals surface area contributed by atoms with Gasteiger partial charge in [0.1, 0.15) is 64.5 Å². The summed E-state index contributed by atoms with van der Waals surface area (Å²) in [6.45, 7) is 24.6. The molecule has 6 aromatic heterocycles. The van der Waals surface area contributed by atoms with Gasteiger partial charge in [0.25, 0.3) is 17.7 Å². The first kappa shape index (κ1) is 78.6. The average Bonchev–Trinajstić information content (AvgIpc) is 1.68. The number of phenols is 1. The number of ketones is 3. The first-order valence-corrected chi connectivity index (χ1v) is 33.0. The van der Waals surface area contributed by atoms with Crippen molar-refractivity contribution in [3.05, 3.63) is 180 Å². The average molecular weight is 1390 g/mol. The lowest BCUT2D eigenvalue weighted by Crippen LogP contribution is -2.20. The van der Waals surface area contributed by atoms with E-state index in [4.69, 9.17) is 47.4 Å². The summed E-state index contributed by atoms with van der Waals surface area (Å²) in [5, 5.41) is 17.8. The molecule has 9 rings (SSSR count). The lowest BCUT2D eigenvalue weighted by atomic mass is 9.89. The summed E-state index contributed by atoms with van der Waals surface area (Å²) in [5.41, 5.74) is 4.74. The summed E-state index contributed by atoms with van der Waals surface area (Å²) in [6, 6.07) is 30.3. The summed E-state index contributed by atoms with van der Waals surface area (Å²) in [7, 11) is 3.27. The van der Waals surface area contributed by atoms with Crippen molar-refractivity contribution in [3.63, 3.8) is 0 Å². The normalized spacial score (nSPS) is 11.6. The zero-order valence-electron chi connectivity index (χ0n) is 59.3. The van der Waals surface area contributed by atoms with Crippen LogP contribution in [0.5, 0.6) is 17.2 Å². The number of amides is 3. The minimum Gasteiger partial charge on any atom is -0.508 e. The van der Waals surface area contributed by atoms with Crippen LogP contribution in [0.15, 0.2) is 146 Å². The molecule has 101 heavy (non-hydrogen) atoms. The van der Waals surface area contributed by atoms with E-state index in [1.807, 2.05) is 62.3 Å². The number of aromatic hydroxyl groups is 1. The summed E-state index contributed by atoms with van der Waals surface area (Å²) in [6.07, 6.45) is 10.2. The molecule has 0 saturated heterocycles. The highest BCUT2D eigenvalue weighted by atomic mass is 16.6. The second-order valence-corrected chi connectivity index (χ2v) is 26.0. The van der Waals surface area contributed by atoms with Gasteiger partial charge in [0.2, 0.25) is 0 Å². The van der Waals surface area contributed by atoms with Crippen LogP contribution in [0.3, 0.4) is 0 Å². The molecule has 0 bridgehead atoms. The van der Waals surface area contributed by atoms with Gasteiger partial charge in [-0.05, 0) is 109 Å². The first-order valence-electron chi connectivity index (χ1n) is 33.0.